The van der Waals surface area contributed by atoms with Crippen LogP contribution in [0.1, 0.15) is 23.1 Å². The Hall–Kier alpha value is -3.85. The number of fused-ring (bicyclic) bond motifs is 1. The van der Waals surface area contributed by atoms with Crippen LogP contribution >= 0.6 is 0 Å². The molecule has 0 aliphatic rings. The van der Waals surface area contributed by atoms with Gasteiger partial charge in [0, 0.05) is 41.9 Å². The third kappa shape index (κ3) is 6.82. The summed E-state index contributed by atoms with van der Waals surface area (Å²) < 4.78 is 4.83. The molecule has 3 aromatic rings. The first kappa shape index (κ1) is 24.8. The van der Waals surface area contributed by atoms with Crippen molar-refractivity contribution < 1.29 is 24.2 Å². The zero-order valence-electron chi connectivity index (χ0n) is 19.4. The van der Waals surface area contributed by atoms with Crippen molar-refractivity contribution in [1.29, 1.82) is 0 Å². The number of benzene rings is 2. The standard InChI is InChI=1S/C25H30N4O5/c1-29(2)11-9-18-15-28-21-8-5-16(12-20(18)21)4-3-10-27-22-14-19(34-25(33)24(31)32)7-6-17(22)13-23(26)30/h5-8,12,14-15,27-28H,3-4,9-11,13H2,1-2H3,(H2,26,30)(H,31,32). The van der Waals surface area contributed by atoms with Gasteiger partial charge in [-0.15, -0.1) is 0 Å². The van der Waals surface area contributed by atoms with Crippen molar-refractivity contribution in [3.8, 4) is 5.75 Å². The highest BCUT2D eigenvalue weighted by Gasteiger charge is 2.16. The van der Waals surface area contributed by atoms with Crippen LogP contribution < -0.4 is 15.8 Å². The number of carboxylic acid groups (broad SMARTS) is 1. The molecule has 0 unspecified atom stereocenters. The molecule has 34 heavy (non-hydrogen) atoms. The molecule has 180 valence electrons. The van der Waals surface area contributed by atoms with E-state index in [0.29, 0.717) is 17.8 Å². The molecule has 1 heterocycles. The number of likely N-dealkylation sites (N-methyl/N-ethyl adjacent to an activating group) is 1. The molecule has 0 aliphatic carbocycles. The van der Waals surface area contributed by atoms with Gasteiger partial charge in [-0.1, -0.05) is 12.1 Å². The van der Waals surface area contributed by atoms with Gasteiger partial charge in [-0.3, -0.25) is 4.79 Å². The van der Waals surface area contributed by atoms with E-state index in [1.807, 2.05) is 0 Å². The van der Waals surface area contributed by atoms with E-state index in [9.17, 15) is 14.4 Å². The van der Waals surface area contributed by atoms with Crippen LogP contribution in [-0.2, 0) is 33.6 Å². The number of H-pyrrole nitrogens is 1. The Balaban J connectivity index is 1.64. The predicted octanol–water partition coefficient (Wildman–Crippen LogP) is 2.33. The van der Waals surface area contributed by atoms with E-state index in [-0.39, 0.29) is 12.2 Å². The van der Waals surface area contributed by atoms with Crippen molar-refractivity contribution in [2.75, 3.05) is 32.5 Å². The maximum Gasteiger partial charge on any atom is 0.422 e. The highest BCUT2D eigenvalue weighted by atomic mass is 16.6. The fraction of sp³-hybridized carbons (Fsp3) is 0.320. The van der Waals surface area contributed by atoms with Gasteiger partial charge in [-0.05, 0) is 68.2 Å². The van der Waals surface area contributed by atoms with Crippen LogP contribution in [0.15, 0.2) is 42.6 Å². The van der Waals surface area contributed by atoms with E-state index in [4.69, 9.17) is 15.6 Å². The van der Waals surface area contributed by atoms with Crippen LogP contribution in [0.25, 0.3) is 10.9 Å². The largest absolute Gasteiger partial charge is 0.473 e. The summed E-state index contributed by atoms with van der Waals surface area (Å²) in [6, 6.07) is 11.0. The number of ether oxygens (including phenoxy) is 1. The Morgan fingerprint density at radius 2 is 1.88 bits per heavy atom. The number of aromatic amines is 1. The van der Waals surface area contributed by atoms with Gasteiger partial charge in [0.15, 0.2) is 0 Å². The van der Waals surface area contributed by atoms with E-state index in [0.717, 1.165) is 31.3 Å². The number of esters is 1. The first-order valence-electron chi connectivity index (χ1n) is 11.1. The van der Waals surface area contributed by atoms with Crippen molar-refractivity contribution in [3.05, 3.63) is 59.3 Å². The molecule has 3 rings (SSSR count). The molecular formula is C25H30N4O5. The van der Waals surface area contributed by atoms with Crippen molar-refractivity contribution in [3.63, 3.8) is 0 Å². The number of carboxylic acids is 1. The molecule has 1 amide bonds. The lowest BCUT2D eigenvalue weighted by Crippen LogP contribution is -2.19. The van der Waals surface area contributed by atoms with Crippen LogP contribution in [0.3, 0.4) is 0 Å². The van der Waals surface area contributed by atoms with Gasteiger partial charge < -0.3 is 30.8 Å². The van der Waals surface area contributed by atoms with Gasteiger partial charge in [0.2, 0.25) is 5.91 Å². The van der Waals surface area contributed by atoms with Gasteiger partial charge in [0.05, 0.1) is 6.42 Å². The number of anilines is 1. The topological polar surface area (TPSA) is 138 Å². The summed E-state index contributed by atoms with van der Waals surface area (Å²) in [6.45, 7) is 1.58. The van der Waals surface area contributed by atoms with Crippen LogP contribution in [0.5, 0.6) is 5.75 Å². The number of aryl methyl sites for hydroxylation is 1. The first-order valence-corrected chi connectivity index (χ1v) is 11.1. The minimum Gasteiger partial charge on any atom is -0.473 e. The number of carbonyl (C=O) groups excluding carboxylic acids is 2. The molecule has 0 saturated heterocycles. The second kappa shape index (κ2) is 11.3. The van der Waals surface area contributed by atoms with E-state index in [1.165, 1.54) is 28.6 Å². The molecule has 9 heteroatoms. The van der Waals surface area contributed by atoms with Crippen LogP contribution in [0.4, 0.5) is 5.69 Å². The highest BCUT2D eigenvalue weighted by molar-refractivity contribution is 6.29. The normalized spacial score (nSPS) is 11.0. The minimum atomic E-state index is -1.68. The summed E-state index contributed by atoms with van der Waals surface area (Å²) in [5.41, 5.74) is 10.2. The van der Waals surface area contributed by atoms with Gasteiger partial charge in [0.1, 0.15) is 5.75 Å². The number of nitrogens with two attached hydrogens (primary N) is 1. The number of rotatable bonds is 11. The summed E-state index contributed by atoms with van der Waals surface area (Å²) in [6.07, 6.45) is 4.72. The molecule has 0 bridgehead atoms. The number of nitrogens with zero attached hydrogens (tertiary/aromatic N) is 1. The van der Waals surface area contributed by atoms with Gasteiger partial charge in [-0.25, -0.2) is 9.59 Å². The zero-order valence-corrected chi connectivity index (χ0v) is 19.4. The third-order valence-corrected chi connectivity index (χ3v) is 5.45. The van der Waals surface area contributed by atoms with E-state index >= 15 is 0 Å². The lowest BCUT2D eigenvalue weighted by molar-refractivity contribution is -0.158. The Bertz CT molecular complexity index is 1190. The Kier molecular flexibility index (Phi) is 8.26. The van der Waals surface area contributed by atoms with E-state index < -0.39 is 17.8 Å². The monoisotopic (exact) mass is 466 g/mol. The fourth-order valence-electron chi connectivity index (χ4n) is 3.72. The molecule has 1 aromatic heterocycles. The van der Waals surface area contributed by atoms with Crippen LogP contribution in [0.2, 0.25) is 0 Å². The van der Waals surface area contributed by atoms with Gasteiger partial charge in [-0.2, -0.15) is 0 Å². The average molecular weight is 467 g/mol. The number of hydrogen-bond donors (Lipinski definition) is 4. The zero-order chi connectivity index (χ0) is 24.7. The van der Waals surface area contributed by atoms with Gasteiger partial charge >= 0.3 is 11.9 Å². The molecule has 9 nitrogen and oxygen atoms in total. The third-order valence-electron chi connectivity index (χ3n) is 5.45. The number of nitrogens with one attached hydrogen (secondary N) is 2. The summed E-state index contributed by atoms with van der Waals surface area (Å²) in [4.78, 5) is 39.0. The van der Waals surface area contributed by atoms with Crippen molar-refractivity contribution in [2.24, 2.45) is 5.73 Å². The maximum atomic E-state index is 11.4. The van der Waals surface area contributed by atoms with Crippen LogP contribution in [0, 0.1) is 0 Å². The van der Waals surface area contributed by atoms with Gasteiger partial charge in [0.25, 0.3) is 0 Å². The number of aromatic nitrogens is 1. The summed E-state index contributed by atoms with van der Waals surface area (Å²) in [5.74, 6) is -3.48. The number of aliphatic carboxylic acids is 1. The van der Waals surface area contributed by atoms with Crippen molar-refractivity contribution >= 4 is 34.4 Å². The molecule has 0 radical (unpaired) electrons. The number of primary amides is 1. The predicted molar refractivity (Wildman–Crippen MR) is 130 cm³/mol. The molecule has 0 atom stereocenters. The first-order chi connectivity index (χ1) is 16.2. The summed E-state index contributed by atoms with van der Waals surface area (Å²) in [7, 11) is 4.13. The van der Waals surface area contributed by atoms with E-state index in [2.05, 4.69) is 53.7 Å². The Morgan fingerprint density at radius 3 is 2.59 bits per heavy atom. The van der Waals surface area contributed by atoms with Crippen LogP contribution in [-0.4, -0.2) is 60.0 Å². The lowest BCUT2D eigenvalue weighted by Gasteiger charge is -2.13. The summed E-state index contributed by atoms with van der Waals surface area (Å²) >= 11 is 0. The number of carbonyl (C=O) groups is 3. The maximum absolute atomic E-state index is 11.4. The quantitative estimate of drug-likeness (QED) is 0.147. The molecular weight excluding hydrogens is 436 g/mol. The Morgan fingerprint density at radius 1 is 1.09 bits per heavy atom. The number of hydrogen-bond acceptors (Lipinski definition) is 6. The fourth-order valence-corrected chi connectivity index (χ4v) is 3.72. The minimum absolute atomic E-state index is 0.00930. The van der Waals surface area contributed by atoms with E-state index in [1.54, 1.807) is 6.07 Å². The molecule has 0 fully saturated rings. The smallest absolute Gasteiger partial charge is 0.422 e. The second-order valence-electron chi connectivity index (χ2n) is 8.43. The van der Waals surface area contributed by atoms with Crippen molar-refractivity contribution in [2.45, 2.75) is 25.7 Å². The second-order valence-corrected chi connectivity index (χ2v) is 8.43. The lowest BCUT2D eigenvalue weighted by atomic mass is 10.0. The molecule has 0 saturated carbocycles. The Labute approximate surface area is 197 Å². The average Bonchev–Trinajstić information content (AvgIpc) is 3.18. The molecule has 0 spiro atoms. The number of amides is 1. The molecule has 0 aliphatic heterocycles. The van der Waals surface area contributed by atoms with Crippen molar-refractivity contribution in [1.82, 2.24) is 9.88 Å². The molecule has 5 N–H and O–H groups in total. The molecule has 2 aromatic carbocycles. The highest BCUT2D eigenvalue weighted by Crippen LogP contribution is 2.24. The summed E-state index contributed by atoms with van der Waals surface area (Å²) in [5, 5.41) is 13.2. The SMILES string of the molecule is CN(C)CCc1c[nH]c2ccc(CCCNc3cc(OC(=O)C(=O)O)ccc3CC(N)=O)cc12.